The Balaban J connectivity index is 1.76. The standard InChI is InChI=1S/C31H26Cl2O2/c1-34-29-16-3-22(4-17-29)21-26(23-9-18-30(35-2)19-10-23)11-20-31(24-5-12-27(32)13-6-24)25-7-14-28(33)15-8-25/h3-10,12-21H,11H2,1-2H3/b26-21-. The summed E-state index contributed by atoms with van der Waals surface area (Å²) in [4.78, 5) is 0. The van der Waals surface area contributed by atoms with Crippen LogP contribution < -0.4 is 9.47 Å². The lowest BCUT2D eigenvalue weighted by Crippen LogP contribution is -1.91. The third-order valence-electron chi connectivity index (χ3n) is 5.75. The van der Waals surface area contributed by atoms with Gasteiger partial charge in [-0.15, -0.1) is 0 Å². The van der Waals surface area contributed by atoms with E-state index < -0.39 is 0 Å². The highest BCUT2D eigenvalue weighted by molar-refractivity contribution is 6.31. The van der Waals surface area contributed by atoms with Crippen molar-refractivity contribution in [2.24, 2.45) is 0 Å². The van der Waals surface area contributed by atoms with E-state index in [-0.39, 0.29) is 0 Å². The van der Waals surface area contributed by atoms with Crippen LogP contribution in [0.4, 0.5) is 0 Å². The highest BCUT2D eigenvalue weighted by atomic mass is 35.5. The molecule has 0 atom stereocenters. The molecule has 2 nitrogen and oxygen atoms in total. The fourth-order valence-corrected chi connectivity index (χ4v) is 4.09. The number of hydrogen-bond donors (Lipinski definition) is 0. The van der Waals surface area contributed by atoms with E-state index in [1.807, 2.05) is 72.8 Å². The number of rotatable bonds is 8. The van der Waals surface area contributed by atoms with Gasteiger partial charge < -0.3 is 9.47 Å². The van der Waals surface area contributed by atoms with Gasteiger partial charge in [-0.3, -0.25) is 0 Å². The fourth-order valence-electron chi connectivity index (χ4n) is 3.84. The topological polar surface area (TPSA) is 18.5 Å². The Labute approximate surface area is 217 Å². The first-order valence-electron chi connectivity index (χ1n) is 11.3. The van der Waals surface area contributed by atoms with Gasteiger partial charge in [-0.05, 0) is 88.4 Å². The van der Waals surface area contributed by atoms with Crippen molar-refractivity contribution in [1.82, 2.24) is 0 Å². The van der Waals surface area contributed by atoms with Gasteiger partial charge in [-0.2, -0.15) is 0 Å². The van der Waals surface area contributed by atoms with Gasteiger partial charge in [0.25, 0.3) is 0 Å². The largest absolute Gasteiger partial charge is 0.497 e. The lowest BCUT2D eigenvalue weighted by Gasteiger charge is -2.12. The Morgan fingerprint density at radius 3 is 1.49 bits per heavy atom. The Kier molecular flexibility index (Phi) is 8.31. The van der Waals surface area contributed by atoms with E-state index in [1.165, 1.54) is 5.57 Å². The van der Waals surface area contributed by atoms with Crippen molar-refractivity contribution in [3.63, 3.8) is 0 Å². The first kappa shape index (κ1) is 24.7. The average molecular weight is 501 g/mol. The van der Waals surface area contributed by atoms with Gasteiger partial charge in [0.15, 0.2) is 0 Å². The molecule has 0 bridgehead atoms. The van der Waals surface area contributed by atoms with Crippen molar-refractivity contribution in [1.29, 1.82) is 0 Å². The summed E-state index contributed by atoms with van der Waals surface area (Å²) in [5, 5.41) is 1.42. The molecule has 4 heteroatoms. The van der Waals surface area contributed by atoms with E-state index >= 15 is 0 Å². The summed E-state index contributed by atoms with van der Waals surface area (Å²) in [5.41, 5.74) is 6.71. The lowest BCUT2D eigenvalue weighted by molar-refractivity contribution is 0.414. The molecule has 0 aliphatic carbocycles. The van der Waals surface area contributed by atoms with Gasteiger partial charge >= 0.3 is 0 Å². The minimum Gasteiger partial charge on any atom is -0.497 e. The molecule has 176 valence electrons. The van der Waals surface area contributed by atoms with Crippen molar-refractivity contribution in [3.8, 4) is 11.5 Å². The predicted octanol–water partition coefficient (Wildman–Crippen LogP) is 9.07. The number of hydrogen-bond acceptors (Lipinski definition) is 2. The number of methoxy groups -OCH3 is 2. The molecule has 0 radical (unpaired) electrons. The zero-order valence-corrected chi connectivity index (χ0v) is 21.2. The predicted molar refractivity (Wildman–Crippen MR) is 148 cm³/mol. The van der Waals surface area contributed by atoms with Crippen LogP contribution in [0, 0.1) is 0 Å². The van der Waals surface area contributed by atoms with Crippen LogP contribution in [0.2, 0.25) is 10.0 Å². The van der Waals surface area contributed by atoms with Gasteiger partial charge in [-0.1, -0.05) is 83.9 Å². The Hall–Kier alpha value is -3.46. The zero-order chi connectivity index (χ0) is 24.6. The molecule has 35 heavy (non-hydrogen) atoms. The average Bonchev–Trinajstić information content (AvgIpc) is 2.90. The summed E-state index contributed by atoms with van der Waals surface area (Å²) in [5.74, 6) is 1.66. The molecule has 0 amide bonds. The van der Waals surface area contributed by atoms with Crippen LogP contribution in [-0.4, -0.2) is 14.2 Å². The first-order chi connectivity index (χ1) is 17.1. The van der Waals surface area contributed by atoms with Crippen LogP contribution in [0.5, 0.6) is 11.5 Å². The second-order valence-corrected chi connectivity index (χ2v) is 8.88. The number of ether oxygens (including phenoxy) is 2. The Bertz CT molecular complexity index is 1260. The molecule has 0 saturated heterocycles. The summed E-state index contributed by atoms with van der Waals surface area (Å²) in [6.45, 7) is 0. The second kappa shape index (κ2) is 11.8. The Morgan fingerprint density at radius 1 is 0.600 bits per heavy atom. The van der Waals surface area contributed by atoms with Crippen LogP contribution in [0.3, 0.4) is 0 Å². The van der Waals surface area contributed by atoms with Crippen LogP contribution in [0.1, 0.15) is 28.7 Å². The van der Waals surface area contributed by atoms with E-state index in [2.05, 4.69) is 36.4 Å². The van der Waals surface area contributed by atoms with Gasteiger partial charge in [-0.25, -0.2) is 0 Å². The minimum absolute atomic E-state index is 0.711. The summed E-state index contributed by atoms with van der Waals surface area (Å²) >= 11 is 12.3. The maximum atomic E-state index is 6.16. The monoisotopic (exact) mass is 500 g/mol. The van der Waals surface area contributed by atoms with E-state index in [0.29, 0.717) is 10.0 Å². The third kappa shape index (κ3) is 6.57. The van der Waals surface area contributed by atoms with E-state index in [4.69, 9.17) is 32.7 Å². The SMILES string of the molecule is COc1ccc(/C=C(/CC=C(c2ccc(Cl)cc2)c2ccc(Cl)cc2)c2ccc(OC)cc2)cc1. The maximum Gasteiger partial charge on any atom is 0.118 e. The molecule has 0 spiro atoms. The van der Waals surface area contributed by atoms with Crippen molar-refractivity contribution in [3.05, 3.63) is 135 Å². The molecule has 4 rings (SSSR count). The number of allylic oxidation sites excluding steroid dienone is 2. The number of benzene rings is 4. The number of halogens is 2. The van der Waals surface area contributed by atoms with E-state index in [0.717, 1.165) is 45.7 Å². The molecule has 0 aliphatic rings. The van der Waals surface area contributed by atoms with Crippen LogP contribution in [0.15, 0.2) is 103 Å². The van der Waals surface area contributed by atoms with Crippen molar-refractivity contribution in [2.75, 3.05) is 14.2 Å². The van der Waals surface area contributed by atoms with Crippen LogP contribution >= 0.6 is 23.2 Å². The van der Waals surface area contributed by atoms with Crippen molar-refractivity contribution >= 4 is 40.4 Å². The molecule has 0 aliphatic heterocycles. The van der Waals surface area contributed by atoms with Crippen molar-refractivity contribution < 1.29 is 9.47 Å². The van der Waals surface area contributed by atoms with E-state index in [1.54, 1.807) is 14.2 Å². The highest BCUT2D eigenvalue weighted by Gasteiger charge is 2.08. The van der Waals surface area contributed by atoms with Gasteiger partial charge in [0.1, 0.15) is 11.5 Å². The molecule has 4 aromatic carbocycles. The molecule has 0 unspecified atom stereocenters. The molecule has 0 fully saturated rings. The molecule has 4 aromatic rings. The normalized spacial score (nSPS) is 11.1. The summed E-state index contributed by atoms with van der Waals surface area (Å²) in [6, 6.07) is 32.1. The molecular weight excluding hydrogens is 475 g/mol. The molecular formula is C31H26Cl2O2. The summed E-state index contributed by atoms with van der Waals surface area (Å²) in [7, 11) is 3.35. The zero-order valence-electron chi connectivity index (χ0n) is 19.7. The summed E-state index contributed by atoms with van der Waals surface area (Å²) in [6.07, 6.45) is 5.18. The second-order valence-electron chi connectivity index (χ2n) is 8.01. The third-order valence-corrected chi connectivity index (χ3v) is 6.26. The molecule has 0 saturated carbocycles. The van der Waals surface area contributed by atoms with E-state index in [9.17, 15) is 0 Å². The van der Waals surface area contributed by atoms with Crippen LogP contribution in [0.25, 0.3) is 17.2 Å². The fraction of sp³-hybridized carbons (Fsp3) is 0.0968. The van der Waals surface area contributed by atoms with Crippen LogP contribution in [-0.2, 0) is 0 Å². The molecule has 0 aromatic heterocycles. The van der Waals surface area contributed by atoms with Crippen molar-refractivity contribution in [2.45, 2.75) is 6.42 Å². The Morgan fingerprint density at radius 2 is 1.03 bits per heavy atom. The highest BCUT2D eigenvalue weighted by Crippen LogP contribution is 2.31. The van der Waals surface area contributed by atoms with Gasteiger partial charge in [0, 0.05) is 10.0 Å². The van der Waals surface area contributed by atoms with Gasteiger partial charge in [0.05, 0.1) is 14.2 Å². The lowest BCUT2D eigenvalue weighted by atomic mass is 9.93. The molecule has 0 N–H and O–H groups in total. The quantitative estimate of drug-likeness (QED) is 0.224. The molecule has 0 heterocycles. The maximum absolute atomic E-state index is 6.16. The first-order valence-corrected chi connectivity index (χ1v) is 12.0. The van der Waals surface area contributed by atoms with Gasteiger partial charge in [0.2, 0.25) is 0 Å². The minimum atomic E-state index is 0.711. The smallest absolute Gasteiger partial charge is 0.118 e. The summed E-state index contributed by atoms with van der Waals surface area (Å²) < 4.78 is 10.7.